The van der Waals surface area contributed by atoms with Gasteiger partial charge in [0, 0.05) is 30.3 Å². The van der Waals surface area contributed by atoms with Gasteiger partial charge in [-0.25, -0.2) is 0 Å². The summed E-state index contributed by atoms with van der Waals surface area (Å²) in [7, 11) is 0. The Kier molecular flexibility index (Phi) is 6.01. The lowest BCUT2D eigenvalue weighted by Crippen LogP contribution is -2.55. The zero-order valence-corrected chi connectivity index (χ0v) is 15.9. The first-order valence-corrected chi connectivity index (χ1v) is 10.2. The van der Waals surface area contributed by atoms with Gasteiger partial charge >= 0.3 is 5.97 Å². The standard InChI is InChI=1S/C18H23N3O5S/c1-27-16-5-4-12(6-15(16)21(25)26)18(24)19-13-7-14(8-13)20(10-17(22)23)9-11-2-3-11/h4-6,11,13-14H,2-3,7-10H2,1H3,(H,19,24)(H,22,23). The van der Waals surface area contributed by atoms with Gasteiger partial charge in [0.15, 0.2) is 0 Å². The highest BCUT2D eigenvalue weighted by Crippen LogP contribution is 2.34. The lowest BCUT2D eigenvalue weighted by molar-refractivity contribution is -0.387. The lowest BCUT2D eigenvalue weighted by atomic mass is 9.85. The number of carbonyl (C=O) groups excluding carboxylic acids is 1. The third-order valence-corrected chi connectivity index (χ3v) is 5.92. The van der Waals surface area contributed by atoms with Crippen LogP contribution in [0.3, 0.4) is 0 Å². The fourth-order valence-electron chi connectivity index (χ4n) is 3.39. The van der Waals surface area contributed by atoms with Crippen molar-refractivity contribution >= 4 is 29.3 Å². The number of nitro groups is 1. The van der Waals surface area contributed by atoms with Gasteiger partial charge in [-0.3, -0.25) is 24.6 Å². The highest BCUT2D eigenvalue weighted by Gasteiger charge is 2.37. The van der Waals surface area contributed by atoms with Crippen molar-refractivity contribution in [3.63, 3.8) is 0 Å². The molecule has 2 aliphatic carbocycles. The number of nitro benzene ring substituents is 1. The van der Waals surface area contributed by atoms with Crippen LogP contribution in [0, 0.1) is 16.0 Å². The second kappa shape index (κ2) is 8.26. The third-order valence-electron chi connectivity index (χ3n) is 5.13. The maximum Gasteiger partial charge on any atom is 0.317 e. The molecule has 0 aromatic heterocycles. The average Bonchev–Trinajstić information content (AvgIpc) is 3.39. The molecule has 2 saturated carbocycles. The van der Waals surface area contributed by atoms with Crippen LogP contribution in [0.4, 0.5) is 5.69 Å². The van der Waals surface area contributed by atoms with E-state index in [1.165, 1.54) is 17.8 Å². The van der Waals surface area contributed by atoms with Crippen molar-refractivity contribution in [2.75, 3.05) is 19.3 Å². The van der Waals surface area contributed by atoms with Gasteiger partial charge in [-0.1, -0.05) is 0 Å². The van der Waals surface area contributed by atoms with Gasteiger partial charge in [0.25, 0.3) is 11.6 Å². The molecule has 2 fully saturated rings. The number of hydrogen-bond acceptors (Lipinski definition) is 6. The number of nitrogens with one attached hydrogen (secondary N) is 1. The predicted octanol–water partition coefficient (Wildman–Crippen LogP) is 2.37. The van der Waals surface area contributed by atoms with Crippen LogP contribution in [-0.4, -0.2) is 58.2 Å². The molecular weight excluding hydrogens is 370 g/mol. The van der Waals surface area contributed by atoms with E-state index in [4.69, 9.17) is 5.11 Å². The van der Waals surface area contributed by atoms with Crippen molar-refractivity contribution in [1.29, 1.82) is 0 Å². The number of benzene rings is 1. The molecule has 1 aromatic carbocycles. The number of rotatable bonds is 9. The molecule has 0 bridgehead atoms. The first-order chi connectivity index (χ1) is 12.9. The SMILES string of the molecule is CSc1ccc(C(=O)NC2CC(N(CC(=O)O)CC3CC3)C2)cc1[N+](=O)[O-]. The topological polar surface area (TPSA) is 113 Å². The molecule has 27 heavy (non-hydrogen) atoms. The Bertz CT molecular complexity index is 747. The molecule has 1 amide bonds. The van der Waals surface area contributed by atoms with Crippen molar-refractivity contribution in [2.24, 2.45) is 5.92 Å². The van der Waals surface area contributed by atoms with E-state index in [-0.39, 0.29) is 35.8 Å². The van der Waals surface area contributed by atoms with Gasteiger partial charge in [-0.2, -0.15) is 0 Å². The largest absolute Gasteiger partial charge is 0.480 e. The van der Waals surface area contributed by atoms with Crippen molar-refractivity contribution in [1.82, 2.24) is 10.2 Å². The molecule has 1 aromatic rings. The number of hydrogen-bond donors (Lipinski definition) is 2. The summed E-state index contributed by atoms with van der Waals surface area (Å²) in [5.41, 5.74) is 0.196. The van der Waals surface area contributed by atoms with Crippen LogP contribution in [0.1, 0.15) is 36.0 Å². The van der Waals surface area contributed by atoms with Crippen molar-refractivity contribution in [3.8, 4) is 0 Å². The molecule has 3 rings (SSSR count). The van der Waals surface area contributed by atoms with Crippen molar-refractivity contribution in [3.05, 3.63) is 33.9 Å². The molecule has 0 radical (unpaired) electrons. The normalized spacial score (nSPS) is 21.6. The van der Waals surface area contributed by atoms with E-state index in [1.54, 1.807) is 18.4 Å². The number of amides is 1. The summed E-state index contributed by atoms with van der Waals surface area (Å²) in [6.45, 7) is 0.837. The second-order valence-corrected chi connectivity index (χ2v) is 8.05. The summed E-state index contributed by atoms with van der Waals surface area (Å²) in [4.78, 5) is 36.7. The smallest absolute Gasteiger partial charge is 0.317 e. The van der Waals surface area contributed by atoms with Gasteiger partial charge in [0.05, 0.1) is 16.4 Å². The molecule has 146 valence electrons. The Hall–Kier alpha value is -2.13. The van der Waals surface area contributed by atoms with Crippen LogP contribution < -0.4 is 5.32 Å². The predicted molar refractivity (Wildman–Crippen MR) is 101 cm³/mol. The molecule has 0 aliphatic heterocycles. The number of thioether (sulfide) groups is 1. The van der Waals surface area contributed by atoms with Gasteiger partial charge in [-0.05, 0) is 50.0 Å². The zero-order valence-electron chi connectivity index (χ0n) is 15.1. The molecule has 0 spiro atoms. The van der Waals surface area contributed by atoms with Crippen LogP contribution in [0.2, 0.25) is 0 Å². The summed E-state index contributed by atoms with van der Waals surface area (Å²) in [5, 5.41) is 23.1. The molecule has 2 N–H and O–H groups in total. The van der Waals surface area contributed by atoms with E-state index in [0.717, 1.165) is 19.4 Å². The van der Waals surface area contributed by atoms with Crippen LogP contribution in [0.15, 0.2) is 23.1 Å². The van der Waals surface area contributed by atoms with E-state index in [0.29, 0.717) is 23.7 Å². The zero-order chi connectivity index (χ0) is 19.6. The van der Waals surface area contributed by atoms with Crippen LogP contribution in [-0.2, 0) is 4.79 Å². The number of nitrogens with zero attached hydrogens (tertiary/aromatic N) is 2. The van der Waals surface area contributed by atoms with Gasteiger partial charge < -0.3 is 10.4 Å². The molecule has 0 saturated heterocycles. The maximum atomic E-state index is 12.4. The number of carboxylic acid groups (broad SMARTS) is 1. The number of aliphatic carboxylic acids is 1. The minimum Gasteiger partial charge on any atom is -0.480 e. The average molecular weight is 393 g/mol. The lowest BCUT2D eigenvalue weighted by Gasteiger charge is -2.42. The van der Waals surface area contributed by atoms with Crippen molar-refractivity contribution < 1.29 is 19.6 Å². The fourth-order valence-corrected chi connectivity index (χ4v) is 3.94. The van der Waals surface area contributed by atoms with E-state index < -0.39 is 10.9 Å². The quantitative estimate of drug-likeness (QED) is 0.376. The molecule has 0 heterocycles. The van der Waals surface area contributed by atoms with Crippen LogP contribution >= 0.6 is 11.8 Å². The summed E-state index contributed by atoms with van der Waals surface area (Å²) < 4.78 is 0. The first-order valence-electron chi connectivity index (χ1n) is 8.96. The molecule has 2 aliphatic rings. The highest BCUT2D eigenvalue weighted by molar-refractivity contribution is 7.98. The second-order valence-electron chi connectivity index (χ2n) is 7.21. The molecule has 0 atom stereocenters. The van der Waals surface area contributed by atoms with E-state index in [9.17, 15) is 19.7 Å². The third kappa shape index (κ3) is 4.98. The molecular formula is C18H23N3O5S. The van der Waals surface area contributed by atoms with Crippen LogP contribution in [0.25, 0.3) is 0 Å². The Morgan fingerprint density at radius 1 is 1.37 bits per heavy atom. The number of carboxylic acids is 1. The minimum absolute atomic E-state index is 0.0303. The summed E-state index contributed by atoms with van der Waals surface area (Å²) in [5.74, 6) is -0.556. The maximum absolute atomic E-state index is 12.4. The van der Waals surface area contributed by atoms with Gasteiger partial charge in [0.1, 0.15) is 0 Å². The monoisotopic (exact) mass is 393 g/mol. The van der Waals surface area contributed by atoms with E-state index in [1.807, 2.05) is 4.90 Å². The van der Waals surface area contributed by atoms with E-state index >= 15 is 0 Å². The minimum atomic E-state index is -0.829. The summed E-state index contributed by atoms with van der Waals surface area (Å²) in [6.07, 6.45) is 5.48. The van der Waals surface area contributed by atoms with Gasteiger partial charge in [-0.15, -0.1) is 11.8 Å². The highest BCUT2D eigenvalue weighted by atomic mass is 32.2. The number of carbonyl (C=O) groups is 2. The Morgan fingerprint density at radius 3 is 2.63 bits per heavy atom. The Morgan fingerprint density at radius 2 is 2.07 bits per heavy atom. The Balaban J connectivity index is 1.56. The summed E-state index contributed by atoms with van der Waals surface area (Å²) in [6, 6.07) is 4.62. The Labute approximate surface area is 161 Å². The first kappa shape index (κ1) is 19.6. The van der Waals surface area contributed by atoms with Crippen molar-refractivity contribution in [2.45, 2.75) is 42.7 Å². The molecule has 9 heteroatoms. The summed E-state index contributed by atoms with van der Waals surface area (Å²) >= 11 is 1.27. The molecule has 0 unspecified atom stereocenters. The fraction of sp³-hybridized carbons (Fsp3) is 0.556. The van der Waals surface area contributed by atoms with E-state index in [2.05, 4.69) is 5.32 Å². The molecule has 8 nitrogen and oxygen atoms in total. The van der Waals surface area contributed by atoms with Crippen LogP contribution in [0.5, 0.6) is 0 Å². The van der Waals surface area contributed by atoms with Gasteiger partial charge in [0.2, 0.25) is 0 Å².